The number of nitrogens with one attached hydrogen (secondary N) is 1. The molecule has 1 N–H and O–H groups in total. The summed E-state index contributed by atoms with van der Waals surface area (Å²) in [6, 6.07) is 5.02. The summed E-state index contributed by atoms with van der Waals surface area (Å²) >= 11 is 0. The number of hydrogen-bond donors (Lipinski definition) is 1. The quantitative estimate of drug-likeness (QED) is 0.822. The van der Waals surface area contributed by atoms with Crippen molar-refractivity contribution < 1.29 is 14.3 Å². The summed E-state index contributed by atoms with van der Waals surface area (Å²) in [5.74, 6) is -0.441. The second kappa shape index (κ2) is 8.25. The van der Waals surface area contributed by atoms with Crippen LogP contribution in [0.3, 0.4) is 0 Å². The molecule has 0 bridgehead atoms. The fourth-order valence-corrected chi connectivity index (χ4v) is 2.81. The van der Waals surface area contributed by atoms with E-state index in [0.717, 1.165) is 5.57 Å². The van der Waals surface area contributed by atoms with Gasteiger partial charge in [-0.25, -0.2) is 4.98 Å². The van der Waals surface area contributed by atoms with E-state index in [1.807, 2.05) is 19.9 Å². The standard InChI is InChI=1S/C19H23N3O4/c1-13(2)6-10-26-16-12-25-9-7-15(16)21-18(23)14-11-20-17-5-3-4-8-22(17)19(14)24/h3-6,8,11,15-16H,7,9-10,12H2,1-2H3,(H,21,23)/t15-,16-/m1/s1. The molecule has 2 aromatic heterocycles. The minimum absolute atomic E-state index is 0.0169. The van der Waals surface area contributed by atoms with Gasteiger partial charge in [-0.1, -0.05) is 17.7 Å². The second-order valence-electron chi connectivity index (χ2n) is 6.50. The maximum absolute atomic E-state index is 12.6. The lowest BCUT2D eigenvalue weighted by Gasteiger charge is -2.31. The summed E-state index contributed by atoms with van der Waals surface area (Å²) in [6.45, 7) is 5.42. The van der Waals surface area contributed by atoms with E-state index in [2.05, 4.69) is 10.3 Å². The van der Waals surface area contributed by atoms with E-state index in [1.54, 1.807) is 24.4 Å². The molecule has 2 atom stereocenters. The largest absolute Gasteiger partial charge is 0.379 e. The average molecular weight is 357 g/mol. The molecule has 1 aliphatic rings. The van der Waals surface area contributed by atoms with Gasteiger partial charge in [-0.05, 0) is 32.4 Å². The lowest BCUT2D eigenvalue weighted by atomic mass is 10.1. The number of pyridine rings is 1. The first-order valence-electron chi connectivity index (χ1n) is 8.66. The van der Waals surface area contributed by atoms with Gasteiger partial charge in [0.05, 0.1) is 19.3 Å². The van der Waals surface area contributed by atoms with Crippen LogP contribution in [-0.4, -0.2) is 47.3 Å². The molecule has 3 rings (SSSR count). The number of carbonyl (C=O) groups excluding carboxylic acids is 1. The molecule has 7 nitrogen and oxygen atoms in total. The van der Waals surface area contributed by atoms with Crippen LogP contribution in [0, 0.1) is 0 Å². The van der Waals surface area contributed by atoms with Gasteiger partial charge in [0.25, 0.3) is 11.5 Å². The third-order valence-corrected chi connectivity index (χ3v) is 4.28. The van der Waals surface area contributed by atoms with Crippen molar-refractivity contribution in [1.29, 1.82) is 0 Å². The molecule has 1 aliphatic heterocycles. The van der Waals surface area contributed by atoms with Gasteiger partial charge in [0.1, 0.15) is 17.3 Å². The molecule has 1 fully saturated rings. The van der Waals surface area contributed by atoms with Gasteiger partial charge >= 0.3 is 0 Å². The number of allylic oxidation sites excluding steroid dienone is 1. The summed E-state index contributed by atoms with van der Waals surface area (Å²) in [6.07, 6.45) is 5.28. The van der Waals surface area contributed by atoms with E-state index in [4.69, 9.17) is 9.47 Å². The number of aromatic nitrogens is 2. The molecule has 0 radical (unpaired) electrons. The highest BCUT2D eigenvalue weighted by Crippen LogP contribution is 2.12. The molecule has 26 heavy (non-hydrogen) atoms. The lowest BCUT2D eigenvalue weighted by molar-refractivity contribution is -0.0589. The van der Waals surface area contributed by atoms with Crippen molar-refractivity contribution in [3.63, 3.8) is 0 Å². The molecule has 0 aliphatic carbocycles. The van der Waals surface area contributed by atoms with Crippen LogP contribution in [0.4, 0.5) is 0 Å². The Morgan fingerprint density at radius 3 is 3.12 bits per heavy atom. The van der Waals surface area contributed by atoms with Gasteiger partial charge in [-0.15, -0.1) is 0 Å². The summed E-state index contributed by atoms with van der Waals surface area (Å²) < 4.78 is 12.7. The molecular formula is C19H23N3O4. The fraction of sp³-hybridized carbons (Fsp3) is 0.421. The molecule has 3 heterocycles. The van der Waals surface area contributed by atoms with Crippen LogP contribution in [0.5, 0.6) is 0 Å². The fourth-order valence-electron chi connectivity index (χ4n) is 2.81. The Morgan fingerprint density at radius 1 is 1.46 bits per heavy atom. The minimum Gasteiger partial charge on any atom is -0.379 e. The number of fused-ring (bicyclic) bond motifs is 1. The van der Waals surface area contributed by atoms with Crippen molar-refractivity contribution in [1.82, 2.24) is 14.7 Å². The maximum atomic E-state index is 12.6. The van der Waals surface area contributed by atoms with Crippen LogP contribution >= 0.6 is 0 Å². The zero-order valence-corrected chi connectivity index (χ0v) is 15.0. The zero-order chi connectivity index (χ0) is 18.5. The first kappa shape index (κ1) is 18.3. The normalized spacial score (nSPS) is 19.9. The number of rotatable bonds is 5. The monoisotopic (exact) mass is 357 g/mol. The molecule has 138 valence electrons. The molecule has 7 heteroatoms. The van der Waals surface area contributed by atoms with Gasteiger partial charge in [-0.2, -0.15) is 0 Å². The van der Waals surface area contributed by atoms with E-state index >= 15 is 0 Å². The van der Waals surface area contributed by atoms with E-state index < -0.39 is 5.91 Å². The Kier molecular flexibility index (Phi) is 5.80. The van der Waals surface area contributed by atoms with Crippen molar-refractivity contribution in [3.8, 4) is 0 Å². The smallest absolute Gasteiger partial charge is 0.270 e. The summed E-state index contributed by atoms with van der Waals surface area (Å²) in [7, 11) is 0. The molecule has 0 unspecified atom stereocenters. The molecule has 0 spiro atoms. The van der Waals surface area contributed by atoms with Gasteiger partial charge in [-0.3, -0.25) is 14.0 Å². The van der Waals surface area contributed by atoms with Crippen molar-refractivity contribution in [2.24, 2.45) is 0 Å². The van der Waals surface area contributed by atoms with Crippen molar-refractivity contribution >= 4 is 11.6 Å². The predicted octanol–water partition coefficient (Wildman–Crippen LogP) is 1.56. The Hall–Kier alpha value is -2.51. The molecule has 2 aromatic rings. The van der Waals surface area contributed by atoms with Crippen molar-refractivity contribution in [2.45, 2.75) is 32.4 Å². The first-order valence-corrected chi connectivity index (χ1v) is 8.66. The SMILES string of the molecule is CC(C)=CCO[C@@H]1COCC[C@H]1NC(=O)c1cnc2ccccn2c1=O. The lowest BCUT2D eigenvalue weighted by Crippen LogP contribution is -2.50. The van der Waals surface area contributed by atoms with Crippen LogP contribution in [-0.2, 0) is 9.47 Å². The Bertz CT molecular complexity index is 870. The van der Waals surface area contributed by atoms with Crippen LogP contribution in [0.1, 0.15) is 30.6 Å². The predicted molar refractivity (Wildman–Crippen MR) is 97.3 cm³/mol. The highest BCUT2D eigenvalue weighted by Gasteiger charge is 2.29. The molecule has 1 amide bonds. The Balaban J connectivity index is 1.74. The second-order valence-corrected chi connectivity index (χ2v) is 6.50. The summed E-state index contributed by atoms with van der Waals surface area (Å²) in [5.41, 5.74) is 1.30. The van der Waals surface area contributed by atoms with E-state index in [0.29, 0.717) is 31.9 Å². The molecule has 0 saturated carbocycles. The third kappa shape index (κ3) is 4.17. The third-order valence-electron chi connectivity index (χ3n) is 4.28. The van der Waals surface area contributed by atoms with Crippen molar-refractivity contribution in [3.05, 3.63) is 58.2 Å². The first-order chi connectivity index (χ1) is 12.6. The van der Waals surface area contributed by atoms with Gasteiger partial charge < -0.3 is 14.8 Å². The van der Waals surface area contributed by atoms with Gasteiger partial charge in [0.2, 0.25) is 0 Å². The van der Waals surface area contributed by atoms with E-state index in [-0.39, 0.29) is 23.3 Å². The number of ether oxygens (including phenoxy) is 2. The van der Waals surface area contributed by atoms with Crippen LogP contribution in [0.25, 0.3) is 5.65 Å². The van der Waals surface area contributed by atoms with Gasteiger partial charge in [0, 0.05) is 19.0 Å². The molecule has 1 saturated heterocycles. The topological polar surface area (TPSA) is 81.9 Å². The molecule has 0 aromatic carbocycles. The number of carbonyl (C=O) groups is 1. The molecular weight excluding hydrogens is 334 g/mol. The maximum Gasteiger partial charge on any atom is 0.270 e. The zero-order valence-electron chi connectivity index (χ0n) is 15.0. The van der Waals surface area contributed by atoms with Gasteiger partial charge in [0.15, 0.2) is 0 Å². The minimum atomic E-state index is -0.441. The van der Waals surface area contributed by atoms with E-state index in [9.17, 15) is 9.59 Å². The van der Waals surface area contributed by atoms with Crippen LogP contribution in [0.15, 0.2) is 47.0 Å². The van der Waals surface area contributed by atoms with Crippen LogP contribution in [0.2, 0.25) is 0 Å². The highest BCUT2D eigenvalue weighted by molar-refractivity contribution is 5.94. The number of nitrogens with zero attached hydrogens (tertiary/aromatic N) is 2. The Morgan fingerprint density at radius 2 is 2.31 bits per heavy atom. The summed E-state index contributed by atoms with van der Waals surface area (Å²) in [4.78, 5) is 29.4. The number of hydrogen-bond acceptors (Lipinski definition) is 5. The number of amides is 1. The Labute approximate surface area is 151 Å². The summed E-state index contributed by atoms with van der Waals surface area (Å²) in [5, 5.41) is 2.91. The van der Waals surface area contributed by atoms with Crippen LogP contribution < -0.4 is 10.9 Å². The average Bonchev–Trinajstić information content (AvgIpc) is 2.63. The van der Waals surface area contributed by atoms with Crippen molar-refractivity contribution in [2.75, 3.05) is 19.8 Å². The highest BCUT2D eigenvalue weighted by atomic mass is 16.5. The van der Waals surface area contributed by atoms with E-state index in [1.165, 1.54) is 10.6 Å².